The summed E-state index contributed by atoms with van der Waals surface area (Å²) in [6, 6.07) is 8.03. The van der Waals surface area contributed by atoms with E-state index in [0.29, 0.717) is 11.0 Å². The van der Waals surface area contributed by atoms with Crippen molar-refractivity contribution in [2.75, 3.05) is 18.0 Å². The van der Waals surface area contributed by atoms with Gasteiger partial charge in [-0.25, -0.2) is 0 Å². The number of H-pyrrole nitrogens is 1. The van der Waals surface area contributed by atoms with Crippen LogP contribution in [0.5, 0.6) is 0 Å². The van der Waals surface area contributed by atoms with Gasteiger partial charge in [0.05, 0.1) is 17.6 Å². The molecule has 3 heterocycles. The second-order valence-corrected chi connectivity index (χ2v) is 7.05. The lowest BCUT2D eigenvalue weighted by molar-refractivity contribution is 0.0938. The zero-order valence-electron chi connectivity index (χ0n) is 15.5. The molecule has 0 radical (unpaired) electrons. The molecule has 1 aromatic carbocycles. The minimum atomic E-state index is -0.388. The van der Waals surface area contributed by atoms with E-state index in [1.54, 1.807) is 11.7 Å². The van der Waals surface area contributed by atoms with Crippen LogP contribution in [0.1, 0.15) is 41.7 Å². The van der Waals surface area contributed by atoms with Gasteiger partial charge in [0.2, 0.25) is 5.43 Å². The Labute approximate surface area is 157 Å². The van der Waals surface area contributed by atoms with Crippen molar-refractivity contribution in [2.24, 2.45) is 7.05 Å². The first-order valence-electron chi connectivity index (χ1n) is 9.24. The predicted molar refractivity (Wildman–Crippen MR) is 105 cm³/mol. The highest BCUT2D eigenvalue weighted by Gasteiger charge is 2.18. The molecule has 1 aliphatic rings. The van der Waals surface area contributed by atoms with Gasteiger partial charge in [-0.3, -0.25) is 14.3 Å². The molecule has 2 aromatic heterocycles. The Bertz CT molecular complexity index is 1050. The van der Waals surface area contributed by atoms with Gasteiger partial charge >= 0.3 is 0 Å². The molecular weight excluding hydrogens is 342 g/mol. The van der Waals surface area contributed by atoms with Crippen molar-refractivity contribution in [3.63, 3.8) is 0 Å². The smallest absolute Gasteiger partial charge is 0.257 e. The van der Waals surface area contributed by atoms with Crippen molar-refractivity contribution >= 4 is 22.6 Å². The summed E-state index contributed by atoms with van der Waals surface area (Å²) in [7, 11) is 1.74. The van der Waals surface area contributed by atoms with Crippen LogP contribution < -0.4 is 15.6 Å². The van der Waals surface area contributed by atoms with E-state index >= 15 is 0 Å². The van der Waals surface area contributed by atoms with Gasteiger partial charge in [0.1, 0.15) is 11.2 Å². The number of carbonyl (C=O) groups excluding carboxylic acids is 1. The van der Waals surface area contributed by atoms with Crippen molar-refractivity contribution < 1.29 is 4.79 Å². The van der Waals surface area contributed by atoms with E-state index in [9.17, 15) is 9.59 Å². The van der Waals surface area contributed by atoms with E-state index < -0.39 is 0 Å². The summed E-state index contributed by atoms with van der Waals surface area (Å²) in [4.78, 5) is 30.6. The fourth-order valence-corrected chi connectivity index (χ4v) is 3.62. The summed E-state index contributed by atoms with van der Waals surface area (Å²) in [6.07, 6.45) is 5.37. The molecule has 1 aliphatic heterocycles. The highest BCUT2D eigenvalue weighted by Crippen LogP contribution is 2.24. The Morgan fingerprint density at radius 2 is 2.07 bits per heavy atom. The lowest BCUT2D eigenvalue weighted by Gasteiger charge is -2.20. The fraction of sp³-hybridized carbons (Fsp3) is 0.350. The highest BCUT2D eigenvalue weighted by molar-refractivity contribution is 5.96. The van der Waals surface area contributed by atoms with Crippen LogP contribution in [0.3, 0.4) is 0 Å². The number of aryl methyl sites for hydroxylation is 1. The minimum Gasteiger partial charge on any atom is -0.372 e. The second kappa shape index (κ2) is 6.90. The van der Waals surface area contributed by atoms with Crippen LogP contribution in [0.2, 0.25) is 0 Å². The molecule has 0 saturated carbocycles. The number of rotatable bonds is 4. The lowest BCUT2D eigenvalue weighted by Crippen LogP contribution is -2.31. The van der Waals surface area contributed by atoms with Gasteiger partial charge < -0.3 is 15.2 Å². The number of hydrogen-bond acceptors (Lipinski definition) is 4. The van der Waals surface area contributed by atoms with Crippen molar-refractivity contribution in [1.29, 1.82) is 0 Å². The first kappa shape index (κ1) is 17.3. The third-order valence-corrected chi connectivity index (χ3v) is 5.21. The number of fused-ring (bicyclic) bond motifs is 1. The minimum absolute atomic E-state index is 0.0954. The average molecular weight is 365 g/mol. The quantitative estimate of drug-likeness (QED) is 0.743. The molecule has 2 N–H and O–H groups in total. The van der Waals surface area contributed by atoms with Gasteiger partial charge in [0.25, 0.3) is 5.91 Å². The molecule has 0 aliphatic carbocycles. The molecule has 1 saturated heterocycles. The Morgan fingerprint density at radius 3 is 2.85 bits per heavy atom. The van der Waals surface area contributed by atoms with E-state index in [1.165, 1.54) is 30.9 Å². The molecule has 27 heavy (non-hydrogen) atoms. The summed E-state index contributed by atoms with van der Waals surface area (Å²) in [5.74, 6) is -0.388. The lowest BCUT2D eigenvalue weighted by atomic mass is 10.1. The third kappa shape index (κ3) is 3.20. The molecule has 0 spiro atoms. The Kier molecular flexibility index (Phi) is 4.43. The monoisotopic (exact) mass is 365 g/mol. The SMILES string of the molecule is C[C@@H](NC(=O)c1c[nH]c2c(cnn2C)c1=O)c1cccc(N2CCCC2)c1. The topological polar surface area (TPSA) is 83.0 Å². The van der Waals surface area contributed by atoms with Crippen molar-refractivity contribution in [3.05, 3.63) is 58.0 Å². The number of nitrogens with zero attached hydrogens (tertiary/aromatic N) is 3. The van der Waals surface area contributed by atoms with Crippen LogP contribution in [0, 0.1) is 0 Å². The van der Waals surface area contributed by atoms with Crippen molar-refractivity contribution in [2.45, 2.75) is 25.8 Å². The van der Waals surface area contributed by atoms with Crippen LogP contribution in [0.25, 0.3) is 11.0 Å². The maximum absolute atomic E-state index is 12.7. The van der Waals surface area contributed by atoms with Crippen LogP contribution in [-0.4, -0.2) is 33.8 Å². The normalized spacial score (nSPS) is 15.3. The van der Waals surface area contributed by atoms with Crippen LogP contribution >= 0.6 is 0 Å². The number of carbonyl (C=O) groups is 1. The van der Waals surface area contributed by atoms with E-state index in [4.69, 9.17) is 0 Å². The van der Waals surface area contributed by atoms with Gasteiger partial charge in [-0.05, 0) is 37.5 Å². The zero-order valence-corrected chi connectivity index (χ0v) is 15.5. The van der Waals surface area contributed by atoms with Crippen LogP contribution in [0.15, 0.2) is 41.5 Å². The maximum atomic E-state index is 12.7. The number of aromatic nitrogens is 3. The average Bonchev–Trinajstić information content (AvgIpc) is 3.33. The Morgan fingerprint density at radius 1 is 1.30 bits per heavy atom. The number of aromatic amines is 1. The number of nitrogens with one attached hydrogen (secondary N) is 2. The van der Waals surface area contributed by atoms with E-state index in [1.807, 2.05) is 19.1 Å². The van der Waals surface area contributed by atoms with Crippen LogP contribution in [0.4, 0.5) is 5.69 Å². The Hall–Kier alpha value is -3.09. The summed E-state index contributed by atoms with van der Waals surface area (Å²) >= 11 is 0. The van der Waals surface area contributed by atoms with Crippen molar-refractivity contribution in [1.82, 2.24) is 20.1 Å². The van der Waals surface area contributed by atoms with E-state index in [0.717, 1.165) is 18.7 Å². The number of amides is 1. The summed E-state index contributed by atoms with van der Waals surface area (Å²) < 4.78 is 1.57. The largest absolute Gasteiger partial charge is 0.372 e. The molecule has 140 valence electrons. The molecule has 7 heteroatoms. The summed E-state index contributed by atoms with van der Waals surface area (Å²) in [6.45, 7) is 4.08. The van der Waals surface area contributed by atoms with Crippen LogP contribution in [-0.2, 0) is 7.05 Å². The molecular formula is C20H23N5O2. The molecule has 3 aromatic rings. The Balaban J connectivity index is 1.55. The van der Waals surface area contributed by atoms with Crippen molar-refractivity contribution in [3.8, 4) is 0 Å². The third-order valence-electron chi connectivity index (χ3n) is 5.21. The van der Waals surface area contributed by atoms with E-state index in [-0.39, 0.29) is 22.9 Å². The van der Waals surface area contributed by atoms with Gasteiger partial charge in [-0.15, -0.1) is 0 Å². The number of anilines is 1. The van der Waals surface area contributed by atoms with Gasteiger partial charge in [-0.1, -0.05) is 12.1 Å². The first-order chi connectivity index (χ1) is 13.0. The van der Waals surface area contributed by atoms with Gasteiger partial charge in [-0.2, -0.15) is 5.10 Å². The number of pyridine rings is 1. The molecule has 0 unspecified atom stereocenters. The first-order valence-corrected chi connectivity index (χ1v) is 9.24. The van der Waals surface area contributed by atoms with Gasteiger partial charge in [0, 0.05) is 32.0 Å². The molecule has 1 fully saturated rings. The molecule has 1 atom stereocenters. The number of hydrogen-bond donors (Lipinski definition) is 2. The predicted octanol–water partition coefficient (Wildman–Crippen LogP) is 2.35. The van der Waals surface area contributed by atoms with E-state index in [2.05, 4.69) is 32.4 Å². The molecule has 0 bridgehead atoms. The summed E-state index contributed by atoms with van der Waals surface area (Å²) in [5, 5.41) is 7.41. The summed E-state index contributed by atoms with van der Waals surface area (Å²) in [5.41, 5.74) is 2.58. The zero-order chi connectivity index (χ0) is 19.0. The molecule has 1 amide bonds. The maximum Gasteiger partial charge on any atom is 0.257 e. The second-order valence-electron chi connectivity index (χ2n) is 7.05. The number of benzene rings is 1. The highest BCUT2D eigenvalue weighted by atomic mass is 16.2. The van der Waals surface area contributed by atoms with Gasteiger partial charge in [0.15, 0.2) is 0 Å². The molecule has 7 nitrogen and oxygen atoms in total. The fourth-order valence-electron chi connectivity index (χ4n) is 3.62. The standard InChI is InChI=1S/C20H23N5O2/c1-13(14-6-5-7-15(10-14)25-8-3-4-9-25)23-20(27)17-11-21-19-16(18(17)26)12-22-24(19)2/h5-7,10-13H,3-4,8-9H2,1-2H3,(H,21,26)(H,23,27)/t13-/m1/s1. The molecule has 4 rings (SSSR count).